The Kier molecular flexibility index (Phi) is 5.23. The van der Waals surface area contributed by atoms with Crippen LogP contribution in [0.4, 0.5) is 11.4 Å². The fraction of sp³-hybridized carbons (Fsp3) is 0.250. The van der Waals surface area contributed by atoms with Gasteiger partial charge >= 0.3 is 7.12 Å². The lowest BCUT2D eigenvalue weighted by Crippen LogP contribution is -2.41. The maximum atomic E-state index is 10.9. The molecule has 1 saturated heterocycles. The number of hydrogen-bond donors (Lipinski definition) is 2. The molecule has 31 heavy (non-hydrogen) atoms. The smallest absolute Gasteiger partial charge is 0.399 e. The number of hydrogen-bond acceptors (Lipinski definition) is 5. The maximum Gasteiger partial charge on any atom is 0.494 e. The van der Waals surface area contributed by atoms with Gasteiger partial charge in [0.15, 0.2) is 0 Å². The molecule has 0 saturated carbocycles. The largest absolute Gasteiger partial charge is 0.494 e. The third-order valence-electron chi connectivity index (χ3n) is 6.27. The summed E-state index contributed by atoms with van der Waals surface area (Å²) in [6.45, 7) is 15.8. The zero-order valence-electron chi connectivity index (χ0n) is 18.3. The number of benzene rings is 2. The molecule has 2 aliphatic rings. The van der Waals surface area contributed by atoms with E-state index < -0.39 is 28.9 Å². The van der Waals surface area contributed by atoms with E-state index in [1.165, 1.54) is 6.08 Å². The van der Waals surface area contributed by atoms with Gasteiger partial charge in [0.05, 0.1) is 32.4 Å². The maximum absolute atomic E-state index is 10.9. The summed E-state index contributed by atoms with van der Waals surface area (Å²) in [5.74, 6) is 0. The van der Waals surface area contributed by atoms with Crippen LogP contribution in [0.1, 0.15) is 27.7 Å². The van der Waals surface area contributed by atoms with Gasteiger partial charge in [0.25, 0.3) is 0 Å². The van der Waals surface area contributed by atoms with E-state index in [1.54, 1.807) is 18.2 Å². The summed E-state index contributed by atoms with van der Waals surface area (Å²) in [5, 5.41) is 0. The quantitative estimate of drug-likeness (QED) is 0.590. The van der Waals surface area contributed by atoms with E-state index in [9.17, 15) is 9.11 Å². The molecule has 2 aromatic rings. The van der Waals surface area contributed by atoms with Gasteiger partial charge in [-0.2, -0.15) is 0 Å². The first-order valence-electron chi connectivity index (χ1n) is 10.2. The van der Waals surface area contributed by atoms with Crippen LogP contribution in [0.2, 0.25) is 0 Å². The molecule has 2 heterocycles. The van der Waals surface area contributed by atoms with Gasteiger partial charge in [0.2, 0.25) is 0 Å². The van der Waals surface area contributed by atoms with Gasteiger partial charge in [-0.1, -0.05) is 37.4 Å². The Morgan fingerprint density at radius 2 is 1.48 bits per heavy atom. The number of para-hydroxylation sites is 1. The first-order chi connectivity index (χ1) is 14.5. The summed E-state index contributed by atoms with van der Waals surface area (Å²) in [5.41, 5.74) is 2.26. The van der Waals surface area contributed by atoms with Gasteiger partial charge in [-0.15, -0.1) is 10.6 Å². The third-order valence-corrected chi connectivity index (χ3v) is 8.22. The van der Waals surface area contributed by atoms with E-state index in [4.69, 9.17) is 9.31 Å². The van der Waals surface area contributed by atoms with Crippen LogP contribution in [0.25, 0.3) is 0 Å². The summed E-state index contributed by atoms with van der Waals surface area (Å²) >= 11 is 0. The molecule has 162 valence electrons. The van der Waals surface area contributed by atoms with Crippen molar-refractivity contribution in [1.82, 2.24) is 0 Å². The molecule has 0 spiro atoms. The molecule has 7 heteroatoms. The molecule has 1 fully saturated rings. The zero-order valence-corrected chi connectivity index (χ0v) is 19.1. The molecule has 0 aromatic heterocycles. The highest BCUT2D eigenvalue weighted by molar-refractivity contribution is 8.28. The third kappa shape index (κ3) is 3.37. The van der Waals surface area contributed by atoms with Crippen molar-refractivity contribution in [2.24, 2.45) is 0 Å². The lowest BCUT2D eigenvalue weighted by atomic mass is 9.79. The van der Waals surface area contributed by atoms with E-state index in [2.05, 4.69) is 13.2 Å². The predicted molar refractivity (Wildman–Crippen MR) is 129 cm³/mol. The lowest BCUT2D eigenvalue weighted by Gasteiger charge is -2.44. The topological polar surface area (TPSA) is 62.2 Å². The molecule has 2 aromatic carbocycles. The molecule has 2 N–H and O–H groups in total. The van der Waals surface area contributed by atoms with Crippen LogP contribution in [0.15, 0.2) is 89.3 Å². The van der Waals surface area contributed by atoms with Crippen LogP contribution in [-0.4, -0.2) is 27.4 Å². The van der Waals surface area contributed by atoms with E-state index in [0.29, 0.717) is 21.2 Å². The standard InChI is InChI=1S/C24H28BNO4S/c1-7-19-21(8-2)31(27,28)22-12-10-9-11-20(22)26(19)18-15-13-17(14-16-18)25-29-23(3,4)24(5,6)30-25/h7-16,27-28H,1-2H2,3-6H3. The summed E-state index contributed by atoms with van der Waals surface area (Å²) in [6, 6.07) is 15.2. The van der Waals surface area contributed by atoms with Crippen molar-refractivity contribution in [3.63, 3.8) is 0 Å². The second-order valence-electron chi connectivity index (χ2n) is 8.69. The van der Waals surface area contributed by atoms with Crippen LogP contribution in [0.5, 0.6) is 0 Å². The Hall–Kier alpha value is -2.29. The van der Waals surface area contributed by atoms with Gasteiger partial charge in [-0.05, 0) is 69.6 Å². The fourth-order valence-corrected chi connectivity index (χ4v) is 5.49. The zero-order chi connectivity index (χ0) is 22.6. The molecule has 0 amide bonds. The number of fused-ring (bicyclic) bond motifs is 1. The first-order valence-corrected chi connectivity index (χ1v) is 11.7. The first kappa shape index (κ1) is 21.9. The number of allylic oxidation sites excluding steroid dienone is 2. The van der Waals surface area contributed by atoms with Crippen molar-refractivity contribution in [3.05, 3.63) is 84.4 Å². The van der Waals surface area contributed by atoms with Crippen molar-refractivity contribution in [1.29, 1.82) is 0 Å². The van der Waals surface area contributed by atoms with Gasteiger partial charge in [-0.25, -0.2) is 0 Å². The normalized spacial score (nSPS) is 22.1. The predicted octanol–water partition coefficient (Wildman–Crippen LogP) is 5.83. The molecule has 0 radical (unpaired) electrons. The Morgan fingerprint density at radius 1 is 0.903 bits per heavy atom. The molecule has 0 aliphatic carbocycles. The van der Waals surface area contributed by atoms with Crippen LogP contribution < -0.4 is 10.4 Å². The number of anilines is 2. The highest BCUT2D eigenvalue weighted by Crippen LogP contribution is 2.64. The Balaban J connectivity index is 1.77. The highest BCUT2D eigenvalue weighted by atomic mass is 32.3. The second kappa shape index (κ2) is 7.40. The second-order valence-corrected chi connectivity index (χ2v) is 10.7. The van der Waals surface area contributed by atoms with E-state index in [1.807, 2.05) is 69.0 Å². The minimum atomic E-state index is -3.17. The van der Waals surface area contributed by atoms with Crippen molar-refractivity contribution in [3.8, 4) is 0 Å². The molecule has 5 nitrogen and oxygen atoms in total. The molecule has 0 atom stereocenters. The van der Waals surface area contributed by atoms with Crippen molar-refractivity contribution < 1.29 is 18.4 Å². The molecule has 4 rings (SSSR count). The van der Waals surface area contributed by atoms with Gasteiger partial charge in [0, 0.05) is 5.69 Å². The molecular weight excluding hydrogens is 409 g/mol. The molecule has 0 unspecified atom stereocenters. The summed E-state index contributed by atoms with van der Waals surface area (Å²) < 4.78 is 34.2. The van der Waals surface area contributed by atoms with Crippen LogP contribution in [0.3, 0.4) is 0 Å². The summed E-state index contributed by atoms with van der Waals surface area (Å²) in [4.78, 5) is 2.78. The molecule has 0 bridgehead atoms. The monoisotopic (exact) mass is 437 g/mol. The van der Waals surface area contributed by atoms with Gasteiger partial charge < -0.3 is 14.2 Å². The van der Waals surface area contributed by atoms with Gasteiger partial charge in [-0.3, -0.25) is 9.11 Å². The highest BCUT2D eigenvalue weighted by Gasteiger charge is 2.51. The van der Waals surface area contributed by atoms with Crippen LogP contribution >= 0.6 is 10.6 Å². The Morgan fingerprint density at radius 3 is 2.03 bits per heavy atom. The average Bonchev–Trinajstić information content (AvgIpc) is 2.95. The number of nitrogens with zero attached hydrogens (tertiary/aromatic N) is 1. The van der Waals surface area contributed by atoms with Crippen LogP contribution in [-0.2, 0) is 9.31 Å². The Bertz CT molecular complexity index is 1060. The summed E-state index contributed by atoms with van der Waals surface area (Å²) in [6.07, 6.45) is 3.12. The minimum absolute atomic E-state index is 0.358. The Labute approximate surface area is 186 Å². The van der Waals surface area contributed by atoms with Crippen molar-refractivity contribution in [2.75, 3.05) is 4.90 Å². The lowest BCUT2D eigenvalue weighted by molar-refractivity contribution is 0.00578. The van der Waals surface area contributed by atoms with E-state index in [-0.39, 0.29) is 0 Å². The molecule has 2 aliphatic heterocycles. The minimum Gasteiger partial charge on any atom is -0.399 e. The SMILES string of the molecule is C=CC1=C(C=C)S(O)(O)c2ccccc2N1c1ccc(B2OC(C)(C)C(C)(C)O2)cc1. The van der Waals surface area contributed by atoms with Crippen molar-refractivity contribution in [2.45, 2.75) is 43.8 Å². The fourth-order valence-electron chi connectivity index (χ4n) is 3.84. The van der Waals surface area contributed by atoms with E-state index in [0.717, 1.165) is 11.2 Å². The summed E-state index contributed by atoms with van der Waals surface area (Å²) in [7, 11) is -3.62. The van der Waals surface area contributed by atoms with Gasteiger partial charge in [0.1, 0.15) is 0 Å². The molecular formula is C24H28BNO4S. The number of rotatable bonds is 4. The average molecular weight is 437 g/mol. The van der Waals surface area contributed by atoms with E-state index >= 15 is 0 Å². The van der Waals surface area contributed by atoms with Crippen molar-refractivity contribution >= 4 is 34.5 Å². The van der Waals surface area contributed by atoms with Crippen LogP contribution in [0, 0.1) is 0 Å².